The fraction of sp³-hybridized carbons (Fsp3) is 0.435. The molecule has 2 aromatic carbocycles. The van der Waals surface area contributed by atoms with Gasteiger partial charge in [-0.1, -0.05) is 37.6 Å². The topological polar surface area (TPSA) is 35.6 Å². The maximum Gasteiger partial charge on any atom is 0.321 e. The molecule has 0 radical (unpaired) electrons. The number of anilines is 2. The van der Waals surface area contributed by atoms with E-state index >= 15 is 0 Å². The summed E-state index contributed by atoms with van der Waals surface area (Å²) in [6.07, 6.45) is 5.61. The van der Waals surface area contributed by atoms with E-state index in [9.17, 15) is 4.79 Å². The summed E-state index contributed by atoms with van der Waals surface area (Å²) >= 11 is 1.77. The zero-order valence-electron chi connectivity index (χ0n) is 17.2. The standard InChI is InChI=1S/C23H31N3OS/c1-4-5-8-19-11-12-20(18(2)17-19)24-23(27)26-15-13-25(14-16-26)21-9-6-7-10-22(21)28-3/h6-7,9-12,17H,4-5,8,13-16H2,1-3H3,(H,24,27). The van der Waals surface area contributed by atoms with Gasteiger partial charge < -0.3 is 15.1 Å². The van der Waals surface area contributed by atoms with Gasteiger partial charge in [0, 0.05) is 36.8 Å². The van der Waals surface area contributed by atoms with Crippen LogP contribution in [0.4, 0.5) is 16.2 Å². The Morgan fingerprint density at radius 2 is 1.86 bits per heavy atom. The zero-order chi connectivity index (χ0) is 19.9. The van der Waals surface area contributed by atoms with Crippen molar-refractivity contribution in [3.8, 4) is 0 Å². The Labute approximate surface area is 173 Å². The van der Waals surface area contributed by atoms with E-state index in [0.717, 1.165) is 43.9 Å². The summed E-state index contributed by atoms with van der Waals surface area (Å²) in [7, 11) is 0. The van der Waals surface area contributed by atoms with Crippen molar-refractivity contribution in [3.05, 3.63) is 53.6 Å². The Kier molecular flexibility index (Phi) is 7.26. The van der Waals surface area contributed by atoms with Crippen LogP contribution in [0.3, 0.4) is 0 Å². The van der Waals surface area contributed by atoms with Gasteiger partial charge in [0.1, 0.15) is 0 Å². The predicted octanol–water partition coefficient (Wildman–Crippen LogP) is 5.41. The molecular formula is C23H31N3OS. The Morgan fingerprint density at radius 1 is 1.11 bits per heavy atom. The molecule has 0 spiro atoms. The molecule has 1 saturated heterocycles. The number of unbranched alkanes of at least 4 members (excludes halogenated alkanes) is 1. The Hall–Kier alpha value is -2.14. The van der Waals surface area contributed by atoms with Gasteiger partial charge in [0.2, 0.25) is 0 Å². The second kappa shape index (κ2) is 9.87. The molecule has 0 unspecified atom stereocenters. The van der Waals surface area contributed by atoms with E-state index in [0.29, 0.717) is 0 Å². The smallest absolute Gasteiger partial charge is 0.321 e. The highest BCUT2D eigenvalue weighted by atomic mass is 32.2. The highest BCUT2D eigenvalue weighted by Gasteiger charge is 2.22. The number of rotatable bonds is 6. The number of benzene rings is 2. The van der Waals surface area contributed by atoms with Gasteiger partial charge in [-0.05, 0) is 55.3 Å². The molecule has 0 aromatic heterocycles. The van der Waals surface area contributed by atoms with Crippen LogP contribution in [0, 0.1) is 6.92 Å². The largest absolute Gasteiger partial charge is 0.367 e. The number of nitrogens with one attached hydrogen (secondary N) is 1. The minimum Gasteiger partial charge on any atom is -0.367 e. The van der Waals surface area contributed by atoms with Crippen molar-refractivity contribution < 1.29 is 4.79 Å². The molecule has 0 aliphatic carbocycles. The highest BCUT2D eigenvalue weighted by Crippen LogP contribution is 2.29. The summed E-state index contributed by atoms with van der Waals surface area (Å²) in [5.74, 6) is 0. The SMILES string of the molecule is CCCCc1ccc(NC(=O)N2CCN(c3ccccc3SC)CC2)c(C)c1. The quantitative estimate of drug-likeness (QED) is 0.662. The van der Waals surface area contributed by atoms with Gasteiger partial charge in [0.05, 0.1) is 5.69 Å². The van der Waals surface area contributed by atoms with Crippen LogP contribution < -0.4 is 10.2 Å². The number of hydrogen-bond donors (Lipinski definition) is 1. The minimum atomic E-state index is 0.00205. The molecule has 1 aliphatic heterocycles. The van der Waals surface area contributed by atoms with Gasteiger partial charge in [0.15, 0.2) is 0 Å². The van der Waals surface area contributed by atoms with Gasteiger partial charge in [-0.3, -0.25) is 0 Å². The molecule has 0 bridgehead atoms. The number of piperazine rings is 1. The molecule has 2 aromatic rings. The first kappa shape index (κ1) is 20.6. The van der Waals surface area contributed by atoms with E-state index in [1.54, 1.807) is 11.8 Å². The zero-order valence-corrected chi connectivity index (χ0v) is 18.0. The second-order valence-corrected chi connectivity index (χ2v) is 8.18. The van der Waals surface area contributed by atoms with Crippen molar-refractivity contribution in [3.63, 3.8) is 0 Å². The van der Waals surface area contributed by atoms with Gasteiger partial charge in [-0.15, -0.1) is 11.8 Å². The summed E-state index contributed by atoms with van der Waals surface area (Å²) in [6.45, 7) is 7.48. The van der Waals surface area contributed by atoms with Crippen molar-refractivity contribution in [2.75, 3.05) is 42.7 Å². The maximum atomic E-state index is 12.7. The number of nitrogens with zero attached hydrogens (tertiary/aromatic N) is 2. The molecule has 1 fully saturated rings. The first-order valence-electron chi connectivity index (χ1n) is 10.2. The number of carbonyl (C=O) groups excluding carboxylic acids is 1. The first-order chi connectivity index (χ1) is 13.6. The number of carbonyl (C=O) groups is 1. The molecular weight excluding hydrogens is 366 g/mol. The van der Waals surface area contributed by atoms with Crippen LogP contribution in [0.1, 0.15) is 30.9 Å². The van der Waals surface area contributed by atoms with Crippen molar-refractivity contribution in [2.24, 2.45) is 0 Å². The number of para-hydroxylation sites is 1. The van der Waals surface area contributed by atoms with Gasteiger partial charge in [-0.2, -0.15) is 0 Å². The third kappa shape index (κ3) is 5.02. The third-order valence-corrected chi connectivity index (χ3v) is 6.13. The van der Waals surface area contributed by atoms with Crippen LogP contribution in [0.25, 0.3) is 0 Å². The Morgan fingerprint density at radius 3 is 2.54 bits per heavy atom. The lowest BCUT2D eigenvalue weighted by Crippen LogP contribution is -2.50. The van der Waals surface area contributed by atoms with E-state index in [2.05, 4.69) is 66.7 Å². The number of aryl methyl sites for hydroxylation is 2. The maximum absolute atomic E-state index is 12.7. The third-order valence-electron chi connectivity index (χ3n) is 5.34. The monoisotopic (exact) mass is 397 g/mol. The van der Waals surface area contributed by atoms with E-state index in [-0.39, 0.29) is 6.03 Å². The number of amides is 2. The highest BCUT2D eigenvalue weighted by molar-refractivity contribution is 7.98. The molecule has 4 nitrogen and oxygen atoms in total. The van der Waals surface area contributed by atoms with E-state index < -0.39 is 0 Å². The minimum absolute atomic E-state index is 0.00205. The van der Waals surface area contributed by atoms with E-state index in [1.165, 1.54) is 29.0 Å². The predicted molar refractivity (Wildman–Crippen MR) is 121 cm³/mol. The average molecular weight is 398 g/mol. The average Bonchev–Trinajstić information content (AvgIpc) is 2.74. The summed E-state index contributed by atoms with van der Waals surface area (Å²) in [6, 6.07) is 14.9. The van der Waals surface area contributed by atoms with Gasteiger partial charge in [-0.25, -0.2) is 4.79 Å². The van der Waals surface area contributed by atoms with Crippen LogP contribution in [0.2, 0.25) is 0 Å². The molecule has 0 atom stereocenters. The van der Waals surface area contributed by atoms with Crippen LogP contribution in [0.15, 0.2) is 47.4 Å². The molecule has 150 valence electrons. The summed E-state index contributed by atoms with van der Waals surface area (Å²) in [4.78, 5) is 18.3. The molecule has 1 aliphatic rings. The van der Waals surface area contributed by atoms with Gasteiger partial charge >= 0.3 is 6.03 Å². The van der Waals surface area contributed by atoms with Crippen molar-refractivity contribution >= 4 is 29.2 Å². The summed E-state index contributed by atoms with van der Waals surface area (Å²) in [5, 5.41) is 3.10. The number of urea groups is 1. The van der Waals surface area contributed by atoms with Crippen molar-refractivity contribution in [1.29, 1.82) is 0 Å². The molecule has 2 amide bonds. The normalized spacial score (nSPS) is 14.2. The van der Waals surface area contributed by atoms with Crippen molar-refractivity contribution in [2.45, 2.75) is 38.0 Å². The summed E-state index contributed by atoms with van der Waals surface area (Å²) < 4.78 is 0. The lowest BCUT2D eigenvalue weighted by Gasteiger charge is -2.36. The van der Waals surface area contributed by atoms with Crippen LogP contribution in [0.5, 0.6) is 0 Å². The van der Waals surface area contributed by atoms with Gasteiger partial charge in [0.25, 0.3) is 0 Å². The van der Waals surface area contributed by atoms with Crippen LogP contribution in [-0.2, 0) is 6.42 Å². The molecule has 1 heterocycles. The molecule has 1 N–H and O–H groups in total. The lowest BCUT2D eigenvalue weighted by molar-refractivity contribution is 0.208. The molecule has 5 heteroatoms. The van der Waals surface area contributed by atoms with E-state index in [4.69, 9.17) is 0 Å². The van der Waals surface area contributed by atoms with Crippen molar-refractivity contribution in [1.82, 2.24) is 4.90 Å². The molecule has 0 saturated carbocycles. The molecule has 28 heavy (non-hydrogen) atoms. The van der Waals surface area contributed by atoms with Crippen LogP contribution in [-0.4, -0.2) is 43.4 Å². The van der Waals surface area contributed by atoms with E-state index in [1.807, 2.05) is 11.0 Å². The fourth-order valence-electron chi connectivity index (χ4n) is 3.64. The lowest BCUT2D eigenvalue weighted by atomic mass is 10.0. The number of hydrogen-bond acceptors (Lipinski definition) is 3. The fourth-order valence-corrected chi connectivity index (χ4v) is 4.26. The number of thioether (sulfide) groups is 1. The van der Waals surface area contributed by atoms with Crippen LogP contribution >= 0.6 is 11.8 Å². The Balaban J connectivity index is 1.57. The first-order valence-corrected chi connectivity index (χ1v) is 11.4. The second-order valence-electron chi connectivity index (χ2n) is 7.33. The summed E-state index contributed by atoms with van der Waals surface area (Å²) in [5.41, 5.74) is 4.67. The molecule has 3 rings (SSSR count). The Bertz CT molecular complexity index is 800.